The van der Waals surface area contributed by atoms with Gasteiger partial charge in [-0.25, -0.2) is 0 Å². The molecule has 0 spiro atoms. The average Bonchev–Trinajstić information content (AvgIpc) is 2.04. The Morgan fingerprint density at radius 2 is 2.25 bits per heavy atom. The van der Waals surface area contributed by atoms with Gasteiger partial charge in [-0.15, -0.1) is 0 Å². The molecule has 0 saturated carbocycles. The third-order valence-corrected chi connectivity index (χ3v) is 3.06. The number of aryl methyl sites for hydroxylation is 1. The van der Waals surface area contributed by atoms with E-state index in [0.717, 1.165) is 24.8 Å². The second kappa shape index (κ2) is 3.34. The second-order valence-corrected chi connectivity index (χ2v) is 4.50. The van der Waals surface area contributed by atoms with Crippen molar-refractivity contribution in [1.29, 1.82) is 0 Å². The first-order chi connectivity index (χ1) is 5.77. The minimum Gasteiger partial charge on any atom is -0.388 e. The summed E-state index contributed by atoms with van der Waals surface area (Å²) >= 11 is 2.31. The summed E-state index contributed by atoms with van der Waals surface area (Å²) in [5, 5.41) is 9.65. The molecule has 0 heterocycles. The van der Waals surface area contributed by atoms with Gasteiger partial charge in [-0.1, -0.05) is 6.07 Å². The van der Waals surface area contributed by atoms with Gasteiger partial charge in [-0.2, -0.15) is 0 Å². The van der Waals surface area contributed by atoms with E-state index < -0.39 is 0 Å². The molecule has 1 N–H and O–H groups in total. The molecule has 64 valence electrons. The van der Waals surface area contributed by atoms with E-state index in [1.807, 2.05) is 0 Å². The zero-order valence-electron chi connectivity index (χ0n) is 6.76. The highest BCUT2D eigenvalue weighted by Gasteiger charge is 2.17. The van der Waals surface area contributed by atoms with E-state index in [9.17, 15) is 5.11 Å². The van der Waals surface area contributed by atoms with Gasteiger partial charge in [-0.05, 0) is 65.1 Å². The summed E-state index contributed by atoms with van der Waals surface area (Å²) in [5.74, 6) is 0. The van der Waals surface area contributed by atoms with Crippen molar-refractivity contribution in [3.8, 4) is 0 Å². The second-order valence-electron chi connectivity index (χ2n) is 3.25. The van der Waals surface area contributed by atoms with Crippen LogP contribution in [0.2, 0.25) is 0 Å². The zero-order chi connectivity index (χ0) is 8.55. The minimum absolute atomic E-state index is 0.217. The van der Waals surface area contributed by atoms with Crippen LogP contribution in [0, 0.1) is 3.57 Å². The van der Waals surface area contributed by atoms with Gasteiger partial charge >= 0.3 is 0 Å². The monoisotopic (exact) mass is 274 g/mol. The Morgan fingerprint density at radius 3 is 3.08 bits per heavy atom. The smallest absolute Gasteiger partial charge is 0.0792 e. The molecule has 0 unspecified atom stereocenters. The van der Waals surface area contributed by atoms with Crippen LogP contribution in [0.3, 0.4) is 0 Å². The highest BCUT2D eigenvalue weighted by atomic mass is 127. The predicted molar refractivity (Wildman–Crippen MR) is 57.1 cm³/mol. The zero-order valence-corrected chi connectivity index (χ0v) is 8.91. The van der Waals surface area contributed by atoms with E-state index in [1.165, 1.54) is 9.13 Å². The van der Waals surface area contributed by atoms with Crippen molar-refractivity contribution >= 4 is 22.6 Å². The van der Waals surface area contributed by atoms with E-state index in [-0.39, 0.29) is 6.10 Å². The van der Waals surface area contributed by atoms with E-state index in [0.29, 0.717) is 0 Å². The Morgan fingerprint density at radius 1 is 1.42 bits per heavy atom. The number of aliphatic hydroxyl groups excluding tert-OH is 1. The van der Waals surface area contributed by atoms with E-state index in [1.54, 1.807) is 0 Å². The summed E-state index contributed by atoms with van der Waals surface area (Å²) in [6.45, 7) is 0. The van der Waals surface area contributed by atoms with E-state index in [2.05, 4.69) is 40.8 Å². The summed E-state index contributed by atoms with van der Waals surface area (Å²) in [5.41, 5.74) is 2.47. The highest BCUT2D eigenvalue weighted by Crippen LogP contribution is 2.30. The first-order valence-corrected chi connectivity index (χ1v) is 5.31. The molecule has 1 aromatic rings. The van der Waals surface area contributed by atoms with Gasteiger partial charge in [-0.3, -0.25) is 0 Å². The molecule has 0 aliphatic heterocycles. The Labute approximate surface area is 85.9 Å². The normalized spacial score (nSPS) is 22.0. The molecule has 0 fully saturated rings. The van der Waals surface area contributed by atoms with Crippen LogP contribution < -0.4 is 0 Å². The molecule has 1 aromatic carbocycles. The number of benzene rings is 1. The van der Waals surface area contributed by atoms with Crippen LogP contribution in [0.15, 0.2) is 18.2 Å². The fourth-order valence-electron chi connectivity index (χ4n) is 1.76. The van der Waals surface area contributed by atoms with Crippen LogP contribution in [0.5, 0.6) is 0 Å². The van der Waals surface area contributed by atoms with Crippen LogP contribution in [0.4, 0.5) is 0 Å². The van der Waals surface area contributed by atoms with Gasteiger partial charge in [0.25, 0.3) is 0 Å². The Bertz CT molecular complexity index is 296. The maximum absolute atomic E-state index is 9.65. The van der Waals surface area contributed by atoms with Crippen LogP contribution in [-0.4, -0.2) is 5.11 Å². The van der Waals surface area contributed by atoms with Gasteiger partial charge < -0.3 is 5.11 Å². The maximum atomic E-state index is 9.65. The fraction of sp³-hybridized carbons (Fsp3) is 0.400. The molecule has 1 aliphatic rings. The summed E-state index contributed by atoms with van der Waals surface area (Å²) in [6, 6.07) is 6.30. The first kappa shape index (κ1) is 8.51. The number of hydrogen-bond acceptors (Lipinski definition) is 1. The quantitative estimate of drug-likeness (QED) is 0.721. The van der Waals surface area contributed by atoms with Gasteiger partial charge in [0.15, 0.2) is 0 Å². The number of rotatable bonds is 0. The number of halogens is 1. The average molecular weight is 274 g/mol. The van der Waals surface area contributed by atoms with Crippen molar-refractivity contribution in [3.05, 3.63) is 32.9 Å². The predicted octanol–water partition coefficient (Wildman–Crippen LogP) is 2.66. The molecule has 2 heteroatoms. The lowest BCUT2D eigenvalue weighted by Crippen LogP contribution is -2.08. The molecule has 0 radical (unpaired) electrons. The minimum atomic E-state index is -0.217. The molecule has 0 aromatic heterocycles. The van der Waals surface area contributed by atoms with Crippen molar-refractivity contribution in [2.24, 2.45) is 0 Å². The molecular weight excluding hydrogens is 263 g/mol. The Hall–Kier alpha value is -0.0900. The van der Waals surface area contributed by atoms with Crippen LogP contribution >= 0.6 is 22.6 Å². The lowest BCUT2D eigenvalue weighted by molar-refractivity contribution is 0.156. The van der Waals surface area contributed by atoms with Crippen LogP contribution in [0.25, 0.3) is 0 Å². The van der Waals surface area contributed by atoms with Gasteiger partial charge in [0.1, 0.15) is 0 Å². The standard InChI is InChI=1S/C10H11IO/c11-8-4-5-9-7(6-8)2-1-3-10(9)12/h4-6,10,12H,1-3H2/t10-/m0/s1. The lowest BCUT2D eigenvalue weighted by Gasteiger charge is -2.21. The molecule has 1 atom stereocenters. The Kier molecular flexibility index (Phi) is 2.37. The lowest BCUT2D eigenvalue weighted by atomic mass is 9.90. The molecule has 12 heavy (non-hydrogen) atoms. The number of aliphatic hydroxyl groups is 1. The van der Waals surface area contributed by atoms with E-state index >= 15 is 0 Å². The molecule has 0 bridgehead atoms. The number of fused-ring (bicyclic) bond motifs is 1. The summed E-state index contributed by atoms with van der Waals surface area (Å²) in [7, 11) is 0. The van der Waals surface area contributed by atoms with Crippen molar-refractivity contribution in [2.45, 2.75) is 25.4 Å². The molecular formula is C10H11IO. The van der Waals surface area contributed by atoms with Crippen molar-refractivity contribution in [2.75, 3.05) is 0 Å². The van der Waals surface area contributed by atoms with Gasteiger partial charge in [0.05, 0.1) is 6.10 Å². The van der Waals surface area contributed by atoms with Gasteiger partial charge in [0.2, 0.25) is 0 Å². The molecule has 0 saturated heterocycles. The molecule has 1 nitrogen and oxygen atoms in total. The summed E-state index contributed by atoms with van der Waals surface area (Å²) in [4.78, 5) is 0. The molecule has 2 rings (SSSR count). The van der Waals surface area contributed by atoms with Crippen LogP contribution in [0.1, 0.15) is 30.1 Å². The van der Waals surface area contributed by atoms with Crippen LogP contribution in [-0.2, 0) is 6.42 Å². The fourth-order valence-corrected chi connectivity index (χ4v) is 2.31. The van der Waals surface area contributed by atoms with Crippen molar-refractivity contribution in [3.63, 3.8) is 0 Å². The molecule has 0 amide bonds. The molecule has 1 aliphatic carbocycles. The summed E-state index contributed by atoms with van der Waals surface area (Å²) < 4.78 is 1.26. The van der Waals surface area contributed by atoms with Crippen molar-refractivity contribution < 1.29 is 5.11 Å². The third-order valence-electron chi connectivity index (χ3n) is 2.39. The van der Waals surface area contributed by atoms with Crippen molar-refractivity contribution in [1.82, 2.24) is 0 Å². The largest absolute Gasteiger partial charge is 0.388 e. The number of hydrogen-bond donors (Lipinski definition) is 1. The first-order valence-electron chi connectivity index (χ1n) is 4.24. The maximum Gasteiger partial charge on any atom is 0.0792 e. The third kappa shape index (κ3) is 1.50. The summed E-state index contributed by atoms with van der Waals surface area (Å²) in [6.07, 6.45) is 2.95. The van der Waals surface area contributed by atoms with E-state index in [4.69, 9.17) is 0 Å². The Balaban J connectivity index is 2.46. The topological polar surface area (TPSA) is 20.2 Å². The highest BCUT2D eigenvalue weighted by molar-refractivity contribution is 14.1. The van der Waals surface area contributed by atoms with Gasteiger partial charge in [0, 0.05) is 3.57 Å². The SMILES string of the molecule is O[C@H]1CCCc2cc(I)ccc21.